The van der Waals surface area contributed by atoms with Crippen LogP contribution in [-0.2, 0) is 6.18 Å². The highest BCUT2D eigenvalue weighted by atomic mass is 79.9. The maximum absolute atomic E-state index is 12.8. The average Bonchev–Trinajstić information content (AvgIpc) is 2.69. The zero-order valence-electron chi connectivity index (χ0n) is 7.85. The lowest BCUT2D eigenvalue weighted by molar-refractivity contribution is -0.137. The Morgan fingerprint density at radius 2 is 2.00 bits per heavy atom. The summed E-state index contributed by atoms with van der Waals surface area (Å²) in [6, 6.07) is 3.97. The first-order chi connectivity index (χ1) is 7.48. The molecule has 0 fully saturated rings. The second kappa shape index (κ2) is 3.93. The van der Waals surface area contributed by atoms with Gasteiger partial charge < -0.3 is 4.98 Å². The molecule has 0 unspecified atom stereocenters. The van der Waals surface area contributed by atoms with Crippen LogP contribution in [0.25, 0.3) is 11.4 Å². The van der Waals surface area contributed by atoms with Crippen LogP contribution in [0.1, 0.15) is 5.56 Å². The van der Waals surface area contributed by atoms with E-state index in [1.165, 1.54) is 18.5 Å². The molecule has 0 aliphatic heterocycles. The lowest BCUT2D eigenvalue weighted by atomic mass is 10.1. The number of halogens is 4. The Labute approximate surface area is 97.6 Å². The smallest absolute Gasteiger partial charge is 0.345 e. The van der Waals surface area contributed by atoms with E-state index >= 15 is 0 Å². The van der Waals surface area contributed by atoms with Gasteiger partial charge in [-0.15, -0.1) is 0 Å². The van der Waals surface area contributed by atoms with Crippen molar-refractivity contribution >= 4 is 15.9 Å². The van der Waals surface area contributed by atoms with Crippen LogP contribution in [0, 0.1) is 0 Å². The number of rotatable bonds is 1. The van der Waals surface area contributed by atoms with Crippen molar-refractivity contribution in [3.63, 3.8) is 0 Å². The molecule has 6 heteroatoms. The Hall–Kier alpha value is -1.30. The van der Waals surface area contributed by atoms with E-state index in [4.69, 9.17) is 0 Å². The highest BCUT2D eigenvalue weighted by Crippen LogP contribution is 2.37. The zero-order chi connectivity index (χ0) is 11.8. The van der Waals surface area contributed by atoms with Gasteiger partial charge in [0, 0.05) is 22.4 Å². The SMILES string of the molecule is FC(F)(F)c1cc(Br)ccc1-c1ncc[nH]1. The standard InChI is InChI=1S/C10H6BrF3N2/c11-6-1-2-7(9-15-3-4-16-9)8(5-6)10(12,13)14/h1-5H,(H,15,16). The fraction of sp³-hybridized carbons (Fsp3) is 0.100. The fourth-order valence-corrected chi connectivity index (χ4v) is 1.73. The first-order valence-electron chi connectivity index (χ1n) is 4.35. The number of nitrogens with one attached hydrogen (secondary N) is 1. The number of aromatic amines is 1. The Morgan fingerprint density at radius 3 is 2.56 bits per heavy atom. The predicted molar refractivity (Wildman–Crippen MR) is 56.7 cm³/mol. The van der Waals surface area contributed by atoms with E-state index in [9.17, 15) is 13.2 Å². The summed E-state index contributed by atoms with van der Waals surface area (Å²) in [5.41, 5.74) is -0.669. The maximum Gasteiger partial charge on any atom is 0.417 e. The van der Waals surface area contributed by atoms with E-state index in [-0.39, 0.29) is 11.4 Å². The number of nitrogens with zero attached hydrogens (tertiary/aromatic N) is 1. The van der Waals surface area contributed by atoms with Crippen LogP contribution < -0.4 is 0 Å². The molecule has 0 spiro atoms. The van der Waals surface area contributed by atoms with Crippen molar-refractivity contribution in [2.45, 2.75) is 6.18 Å². The van der Waals surface area contributed by atoms with Crippen LogP contribution in [0.15, 0.2) is 35.1 Å². The third-order valence-electron chi connectivity index (χ3n) is 2.04. The fourth-order valence-electron chi connectivity index (χ4n) is 1.37. The van der Waals surface area contributed by atoms with Gasteiger partial charge in [0.15, 0.2) is 0 Å². The zero-order valence-corrected chi connectivity index (χ0v) is 9.43. The van der Waals surface area contributed by atoms with Crippen molar-refractivity contribution in [3.8, 4) is 11.4 Å². The molecule has 0 radical (unpaired) electrons. The molecule has 2 aromatic rings. The summed E-state index contributed by atoms with van der Waals surface area (Å²) in [5.74, 6) is 0.208. The second-order valence-corrected chi connectivity index (χ2v) is 4.04. The highest BCUT2D eigenvalue weighted by Gasteiger charge is 2.34. The van der Waals surface area contributed by atoms with Gasteiger partial charge in [0.05, 0.1) is 5.56 Å². The Balaban J connectivity index is 2.62. The Kier molecular flexibility index (Phi) is 2.75. The summed E-state index contributed by atoms with van der Waals surface area (Å²) >= 11 is 3.02. The third kappa shape index (κ3) is 2.11. The van der Waals surface area contributed by atoms with Gasteiger partial charge in [-0.05, 0) is 18.2 Å². The molecule has 84 valence electrons. The van der Waals surface area contributed by atoms with E-state index in [0.29, 0.717) is 4.47 Å². The molecule has 0 saturated heterocycles. The molecule has 0 atom stereocenters. The molecule has 0 saturated carbocycles. The number of hydrogen-bond donors (Lipinski definition) is 1. The molecule has 1 heterocycles. The topological polar surface area (TPSA) is 28.7 Å². The highest BCUT2D eigenvalue weighted by molar-refractivity contribution is 9.10. The number of H-pyrrole nitrogens is 1. The van der Waals surface area contributed by atoms with E-state index in [2.05, 4.69) is 25.9 Å². The summed E-state index contributed by atoms with van der Waals surface area (Å²) in [4.78, 5) is 6.48. The molecule has 0 aliphatic rings. The molecule has 2 rings (SSSR count). The lowest BCUT2D eigenvalue weighted by Crippen LogP contribution is -2.07. The van der Waals surface area contributed by atoms with E-state index < -0.39 is 11.7 Å². The third-order valence-corrected chi connectivity index (χ3v) is 2.53. The van der Waals surface area contributed by atoms with Crippen molar-refractivity contribution in [2.75, 3.05) is 0 Å². The minimum Gasteiger partial charge on any atom is -0.345 e. The lowest BCUT2D eigenvalue weighted by Gasteiger charge is -2.11. The average molecular weight is 291 g/mol. The molecule has 1 aromatic carbocycles. The van der Waals surface area contributed by atoms with Crippen molar-refractivity contribution in [1.82, 2.24) is 9.97 Å². The van der Waals surface area contributed by atoms with E-state index in [1.54, 1.807) is 6.07 Å². The largest absolute Gasteiger partial charge is 0.417 e. The quantitative estimate of drug-likeness (QED) is 0.849. The van der Waals surface area contributed by atoms with Crippen molar-refractivity contribution in [3.05, 3.63) is 40.6 Å². The van der Waals surface area contributed by atoms with Crippen molar-refractivity contribution in [2.24, 2.45) is 0 Å². The number of benzene rings is 1. The summed E-state index contributed by atoms with van der Waals surface area (Å²) in [6.45, 7) is 0. The van der Waals surface area contributed by atoms with Gasteiger partial charge in [0.25, 0.3) is 0 Å². The van der Waals surface area contributed by atoms with Crippen LogP contribution in [0.5, 0.6) is 0 Å². The van der Waals surface area contributed by atoms with Crippen molar-refractivity contribution in [1.29, 1.82) is 0 Å². The van der Waals surface area contributed by atoms with Gasteiger partial charge in [0.2, 0.25) is 0 Å². The first kappa shape index (κ1) is 11.2. The molecule has 0 aliphatic carbocycles. The summed E-state index contributed by atoms with van der Waals surface area (Å²) < 4.78 is 38.7. The molecule has 1 aromatic heterocycles. The van der Waals surface area contributed by atoms with Crippen LogP contribution in [-0.4, -0.2) is 9.97 Å². The van der Waals surface area contributed by atoms with Gasteiger partial charge in [-0.2, -0.15) is 13.2 Å². The summed E-state index contributed by atoms with van der Waals surface area (Å²) in [6.07, 6.45) is -1.50. The maximum atomic E-state index is 12.8. The predicted octanol–water partition coefficient (Wildman–Crippen LogP) is 3.86. The normalized spacial score (nSPS) is 11.8. The minimum absolute atomic E-state index is 0.0423. The number of imidazole rings is 1. The number of aromatic nitrogens is 2. The van der Waals surface area contributed by atoms with Crippen LogP contribution in [0.4, 0.5) is 13.2 Å². The molecule has 0 bridgehead atoms. The van der Waals surface area contributed by atoms with Gasteiger partial charge in [-0.25, -0.2) is 4.98 Å². The van der Waals surface area contributed by atoms with Gasteiger partial charge in [-0.1, -0.05) is 15.9 Å². The summed E-state index contributed by atoms with van der Waals surface area (Å²) in [7, 11) is 0. The monoisotopic (exact) mass is 290 g/mol. The summed E-state index contributed by atoms with van der Waals surface area (Å²) in [5, 5.41) is 0. The second-order valence-electron chi connectivity index (χ2n) is 3.13. The molecule has 2 nitrogen and oxygen atoms in total. The first-order valence-corrected chi connectivity index (χ1v) is 5.14. The Morgan fingerprint density at radius 1 is 1.25 bits per heavy atom. The van der Waals surface area contributed by atoms with E-state index in [0.717, 1.165) is 6.07 Å². The van der Waals surface area contributed by atoms with Crippen LogP contribution in [0.3, 0.4) is 0 Å². The molecular formula is C10H6BrF3N2. The van der Waals surface area contributed by atoms with Gasteiger partial charge in [0.1, 0.15) is 5.82 Å². The van der Waals surface area contributed by atoms with E-state index in [1.807, 2.05) is 0 Å². The Bertz CT molecular complexity index is 491. The molecule has 0 amide bonds. The molecule has 16 heavy (non-hydrogen) atoms. The van der Waals surface area contributed by atoms with Crippen LogP contribution in [0.2, 0.25) is 0 Å². The van der Waals surface area contributed by atoms with Gasteiger partial charge in [-0.3, -0.25) is 0 Å². The van der Waals surface area contributed by atoms with Crippen molar-refractivity contribution < 1.29 is 13.2 Å². The number of hydrogen-bond acceptors (Lipinski definition) is 1. The number of alkyl halides is 3. The minimum atomic E-state index is -4.40. The van der Waals surface area contributed by atoms with Crippen LogP contribution >= 0.6 is 15.9 Å². The van der Waals surface area contributed by atoms with Gasteiger partial charge >= 0.3 is 6.18 Å². The molecular weight excluding hydrogens is 285 g/mol. The molecule has 1 N–H and O–H groups in total.